The summed E-state index contributed by atoms with van der Waals surface area (Å²) in [6, 6.07) is 10.8. The first-order valence-electron chi connectivity index (χ1n) is 8.15. The molecule has 1 atom stereocenters. The maximum Gasteiger partial charge on any atom is 0.270 e. The Morgan fingerprint density at radius 3 is 2.79 bits per heavy atom. The molecule has 0 radical (unpaired) electrons. The van der Waals surface area contributed by atoms with Crippen LogP contribution in [0.1, 0.15) is 34.0 Å². The highest BCUT2D eigenvalue weighted by Crippen LogP contribution is 2.29. The second-order valence-corrected chi connectivity index (χ2v) is 7.32. The van der Waals surface area contributed by atoms with Gasteiger partial charge in [-0.05, 0) is 43.7 Å². The number of nitro groups is 1. The Morgan fingerprint density at radius 2 is 2.07 bits per heavy atom. The molecule has 3 aromatic rings. The number of anilines is 1. The fourth-order valence-electron chi connectivity index (χ4n) is 2.37. The zero-order chi connectivity index (χ0) is 20.3. The zero-order valence-electron chi connectivity index (χ0n) is 14.9. The van der Waals surface area contributed by atoms with Crippen LogP contribution in [0.3, 0.4) is 0 Å². The van der Waals surface area contributed by atoms with Gasteiger partial charge in [0, 0.05) is 22.7 Å². The van der Waals surface area contributed by atoms with Crippen LogP contribution in [-0.4, -0.2) is 21.0 Å². The zero-order valence-corrected chi connectivity index (χ0v) is 16.5. The van der Waals surface area contributed by atoms with Crippen LogP contribution < -0.4 is 10.1 Å². The molecule has 1 unspecified atom stereocenters. The van der Waals surface area contributed by atoms with Gasteiger partial charge in [-0.1, -0.05) is 29.0 Å². The molecule has 0 aliphatic rings. The lowest BCUT2D eigenvalue weighted by molar-refractivity contribution is -0.384. The number of nitro benzene ring substituents is 1. The average molecular weight is 419 g/mol. The van der Waals surface area contributed by atoms with E-state index in [1.165, 1.54) is 24.3 Å². The number of benzene rings is 2. The maximum absolute atomic E-state index is 12.3. The largest absolute Gasteiger partial charge is 0.483 e. The Labute approximate surface area is 169 Å². The van der Waals surface area contributed by atoms with Crippen LogP contribution in [-0.2, 0) is 0 Å². The molecule has 0 bridgehead atoms. The van der Waals surface area contributed by atoms with E-state index in [-0.39, 0.29) is 22.5 Å². The Morgan fingerprint density at radius 1 is 1.29 bits per heavy atom. The number of amides is 1. The molecular weight excluding hydrogens is 404 g/mol. The van der Waals surface area contributed by atoms with Gasteiger partial charge >= 0.3 is 0 Å². The standard InChI is InChI=1S/C18H15ClN4O4S/c1-10-8-13(19)6-7-15(10)27-11(2)17-21-22-18(28-17)20-16(24)12-4-3-5-14(9-12)23(25)26/h3-9,11H,1-2H3,(H,20,22,24). The number of carbonyl (C=O) groups is 1. The van der Waals surface area contributed by atoms with Gasteiger partial charge in [-0.25, -0.2) is 0 Å². The van der Waals surface area contributed by atoms with Crippen LogP contribution in [0.15, 0.2) is 42.5 Å². The summed E-state index contributed by atoms with van der Waals surface area (Å²) in [6.07, 6.45) is -0.388. The smallest absolute Gasteiger partial charge is 0.270 e. The van der Waals surface area contributed by atoms with Crippen molar-refractivity contribution in [3.63, 3.8) is 0 Å². The summed E-state index contributed by atoms with van der Waals surface area (Å²) >= 11 is 7.11. The first-order chi connectivity index (χ1) is 13.3. The third kappa shape index (κ3) is 4.62. The van der Waals surface area contributed by atoms with Crippen LogP contribution in [0, 0.1) is 17.0 Å². The number of aromatic nitrogens is 2. The third-order valence-electron chi connectivity index (χ3n) is 3.77. The van der Waals surface area contributed by atoms with Gasteiger partial charge in [0.2, 0.25) is 5.13 Å². The third-order valence-corrected chi connectivity index (χ3v) is 5.00. The molecule has 0 saturated heterocycles. The molecule has 0 aliphatic carbocycles. The number of nitrogens with one attached hydrogen (secondary N) is 1. The van der Waals surface area contributed by atoms with Crippen LogP contribution >= 0.6 is 22.9 Å². The van der Waals surface area contributed by atoms with E-state index in [1.807, 2.05) is 13.8 Å². The molecule has 0 spiro atoms. The molecule has 1 N–H and O–H groups in total. The van der Waals surface area contributed by atoms with Crippen LogP contribution in [0.4, 0.5) is 10.8 Å². The van der Waals surface area contributed by atoms with E-state index >= 15 is 0 Å². The van der Waals surface area contributed by atoms with Crippen molar-refractivity contribution in [2.24, 2.45) is 0 Å². The first kappa shape index (κ1) is 19.7. The normalized spacial score (nSPS) is 11.7. The van der Waals surface area contributed by atoms with Gasteiger partial charge < -0.3 is 4.74 Å². The highest BCUT2D eigenvalue weighted by Gasteiger charge is 2.17. The van der Waals surface area contributed by atoms with Crippen molar-refractivity contribution in [1.82, 2.24) is 10.2 Å². The van der Waals surface area contributed by atoms with Gasteiger partial charge in [0.05, 0.1) is 4.92 Å². The summed E-state index contributed by atoms with van der Waals surface area (Å²) in [7, 11) is 0. The number of ether oxygens (including phenoxy) is 1. The van der Waals surface area contributed by atoms with Crippen molar-refractivity contribution in [2.75, 3.05) is 5.32 Å². The van der Waals surface area contributed by atoms with Gasteiger partial charge in [-0.15, -0.1) is 10.2 Å². The number of non-ortho nitro benzene ring substituents is 1. The summed E-state index contributed by atoms with van der Waals surface area (Å²) in [5.74, 6) is 0.169. The van der Waals surface area contributed by atoms with E-state index in [0.717, 1.165) is 16.9 Å². The van der Waals surface area contributed by atoms with Gasteiger partial charge in [0.1, 0.15) is 11.9 Å². The second-order valence-electron chi connectivity index (χ2n) is 5.88. The number of hydrogen-bond donors (Lipinski definition) is 1. The minimum Gasteiger partial charge on any atom is -0.483 e. The number of nitrogens with zero attached hydrogens (tertiary/aromatic N) is 3. The Hall–Kier alpha value is -3.04. The molecule has 3 rings (SSSR count). The predicted molar refractivity (Wildman–Crippen MR) is 106 cm³/mol. The fourth-order valence-corrected chi connectivity index (χ4v) is 3.31. The molecule has 144 valence electrons. The SMILES string of the molecule is Cc1cc(Cl)ccc1OC(C)c1nnc(NC(=O)c2cccc([N+](=O)[O-])c2)s1. The van der Waals surface area contributed by atoms with E-state index in [0.29, 0.717) is 15.8 Å². The van der Waals surface area contributed by atoms with Crippen molar-refractivity contribution >= 4 is 39.7 Å². The van der Waals surface area contributed by atoms with Gasteiger partial charge in [0.25, 0.3) is 11.6 Å². The number of rotatable bonds is 6. The molecule has 1 aromatic heterocycles. The van der Waals surface area contributed by atoms with Crippen molar-refractivity contribution in [1.29, 1.82) is 0 Å². The molecule has 2 aromatic carbocycles. The molecule has 0 saturated carbocycles. The van der Waals surface area contributed by atoms with Crippen molar-refractivity contribution in [3.8, 4) is 5.75 Å². The van der Waals surface area contributed by atoms with Crippen molar-refractivity contribution < 1.29 is 14.5 Å². The van der Waals surface area contributed by atoms with Crippen LogP contribution in [0.25, 0.3) is 0 Å². The Balaban J connectivity index is 1.68. The fraction of sp³-hybridized carbons (Fsp3) is 0.167. The minimum absolute atomic E-state index is 0.159. The molecule has 0 fully saturated rings. The van der Waals surface area contributed by atoms with E-state index in [1.54, 1.807) is 18.2 Å². The molecular formula is C18H15ClN4O4S. The highest BCUT2D eigenvalue weighted by molar-refractivity contribution is 7.15. The minimum atomic E-state index is -0.558. The Kier molecular flexibility index (Phi) is 5.86. The molecule has 10 heteroatoms. The average Bonchev–Trinajstić information content (AvgIpc) is 3.12. The van der Waals surface area contributed by atoms with E-state index in [2.05, 4.69) is 15.5 Å². The van der Waals surface area contributed by atoms with Gasteiger partial charge in [0.15, 0.2) is 5.01 Å². The molecule has 28 heavy (non-hydrogen) atoms. The monoisotopic (exact) mass is 418 g/mol. The van der Waals surface area contributed by atoms with E-state index in [9.17, 15) is 14.9 Å². The number of halogens is 1. The van der Waals surface area contributed by atoms with E-state index in [4.69, 9.17) is 16.3 Å². The number of carbonyl (C=O) groups excluding carboxylic acids is 1. The maximum atomic E-state index is 12.3. The predicted octanol–water partition coefficient (Wildman–Crippen LogP) is 4.80. The first-order valence-corrected chi connectivity index (χ1v) is 9.35. The summed E-state index contributed by atoms with van der Waals surface area (Å²) in [6.45, 7) is 3.71. The lowest BCUT2D eigenvalue weighted by Crippen LogP contribution is -2.11. The highest BCUT2D eigenvalue weighted by atomic mass is 35.5. The van der Waals surface area contributed by atoms with Crippen molar-refractivity contribution in [3.05, 3.63) is 73.7 Å². The lowest BCUT2D eigenvalue weighted by Gasteiger charge is -2.13. The number of aryl methyl sites for hydroxylation is 1. The van der Waals surface area contributed by atoms with Gasteiger partial charge in [-0.2, -0.15) is 0 Å². The van der Waals surface area contributed by atoms with E-state index < -0.39 is 10.8 Å². The summed E-state index contributed by atoms with van der Waals surface area (Å²) in [5.41, 5.74) is 0.890. The van der Waals surface area contributed by atoms with Gasteiger partial charge in [-0.3, -0.25) is 20.2 Å². The number of hydrogen-bond acceptors (Lipinski definition) is 7. The quantitative estimate of drug-likeness (QED) is 0.455. The molecule has 0 aliphatic heterocycles. The Bertz CT molecular complexity index is 1040. The molecule has 8 nitrogen and oxygen atoms in total. The van der Waals surface area contributed by atoms with Crippen LogP contribution in [0.5, 0.6) is 5.75 Å². The molecule has 1 amide bonds. The summed E-state index contributed by atoms with van der Waals surface area (Å²) in [5, 5.41) is 22.9. The second kappa shape index (κ2) is 8.32. The topological polar surface area (TPSA) is 107 Å². The molecule has 1 heterocycles. The summed E-state index contributed by atoms with van der Waals surface area (Å²) < 4.78 is 5.89. The summed E-state index contributed by atoms with van der Waals surface area (Å²) in [4.78, 5) is 22.6. The lowest BCUT2D eigenvalue weighted by atomic mass is 10.2. The van der Waals surface area contributed by atoms with Crippen LogP contribution in [0.2, 0.25) is 5.02 Å². The van der Waals surface area contributed by atoms with Crippen molar-refractivity contribution in [2.45, 2.75) is 20.0 Å².